The van der Waals surface area contributed by atoms with E-state index in [0.29, 0.717) is 29.3 Å². The van der Waals surface area contributed by atoms with Crippen molar-refractivity contribution in [3.05, 3.63) is 95.5 Å². The first-order valence-corrected chi connectivity index (χ1v) is 12.0. The average Bonchev–Trinajstić information content (AvgIpc) is 2.88. The van der Waals surface area contributed by atoms with Gasteiger partial charge in [0.2, 0.25) is 5.91 Å². The van der Waals surface area contributed by atoms with Crippen LogP contribution in [0.2, 0.25) is 0 Å². The van der Waals surface area contributed by atoms with E-state index in [4.69, 9.17) is 15.5 Å². The molecule has 8 nitrogen and oxygen atoms in total. The van der Waals surface area contributed by atoms with Crippen LogP contribution >= 0.6 is 0 Å². The molecule has 0 bridgehead atoms. The molecule has 8 heteroatoms. The normalized spacial score (nSPS) is 17.4. The van der Waals surface area contributed by atoms with Crippen LogP contribution in [0, 0.1) is 24.2 Å². The van der Waals surface area contributed by atoms with Gasteiger partial charge in [-0.2, -0.15) is 5.26 Å². The number of aromatic nitrogens is 2. The molecule has 1 aliphatic rings. The molecule has 2 aromatic heterocycles. The van der Waals surface area contributed by atoms with Crippen molar-refractivity contribution in [1.82, 2.24) is 15.3 Å². The Kier molecular flexibility index (Phi) is 8.18. The van der Waals surface area contributed by atoms with Gasteiger partial charge in [0.15, 0.2) is 0 Å². The lowest BCUT2D eigenvalue weighted by Crippen LogP contribution is -2.29. The summed E-state index contributed by atoms with van der Waals surface area (Å²) in [6, 6.07) is 16.9. The first-order valence-electron chi connectivity index (χ1n) is 12.0. The van der Waals surface area contributed by atoms with Crippen molar-refractivity contribution in [2.45, 2.75) is 20.3 Å². The smallest absolute Gasteiger partial charge is 0.231 e. The van der Waals surface area contributed by atoms with Crippen molar-refractivity contribution in [2.75, 3.05) is 13.1 Å². The minimum absolute atomic E-state index is 0.0948. The number of allylic oxidation sites excluding steroid dienone is 1. The zero-order valence-corrected chi connectivity index (χ0v) is 20.8. The number of nitrogens with one attached hydrogen (secondary N) is 1. The monoisotopic (exact) mass is 492 g/mol. The topological polar surface area (TPSA) is 126 Å². The highest BCUT2D eigenvalue weighted by molar-refractivity contribution is 6.05. The molecule has 3 N–H and O–H groups in total. The molecule has 3 heterocycles. The summed E-state index contributed by atoms with van der Waals surface area (Å²) < 4.78 is 6.38. The Labute approximate surface area is 216 Å². The summed E-state index contributed by atoms with van der Waals surface area (Å²) in [7, 11) is 0. The molecule has 1 atom stereocenters. The molecule has 0 saturated carbocycles. The van der Waals surface area contributed by atoms with Gasteiger partial charge < -0.3 is 15.8 Å². The molecule has 4 rings (SSSR count). The van der Waals surface area contributed by atoms with E-state index in [9.17, 15) is 10.1 Å². The lowest BCUT2D eigenvalue weighted by Gasteiger charge is -2.19. The number of hydrogen-bond acceptors (Lipinski definition) is 7. The summed E-state index contributed by atoms with van der Waals surface area (Å²) in [4.78, 5) is 24.9. The zero-order chi connectivity index (χ0) is 26.2. The molecule has 1 unspecified atom stereocenters. The number of hydrogen-bond donors (Lipinski definition) is 2. The van der Waals surface area contributed by atoms with Gasteiger partial charge in [-0.25, -0.2) is 0 Å². The molecule has 0 spiro atoms. The number of nitrogens with two attached hydrogens (primary N) is 1. The number of rotatable bonds is 8. The number of carbonyl (C=O) groups excluding carboxylic acids is 1. The summed E-state index contributed by atoms with van der Waals surface area (Å²) in [6.45, 7) is 4.56. The van der Waals surface area contributed by atoms with Crippen molar-refractivity contribution in [3.8, 4) is 29.0 Å². The summed E-state index contributed by atoms with van der Waals surface area (Å²) in [6.07, 6.45) is 8.37. The minimum atomic E-state index is -0.412. The highest BCUT2D eigenvalue weighted by atomic mass is 16.5. The van der Waals surface area contributed by atoms with Crippen LogP contribution in [-0.4, -0.2) is 34.7 Å². The molecule has 0 aliphatic carbocycles. The predicted octanol–water partition coefficient (Wildman–Crippen LogP) is 4.46. The Hall–Kier alpha value is -4.61. The highest BCUT2D eigenvalue weighted by Gasteiger charge is 2.19. The molecule has 0 saturated heterocycles. The van der Waals surface area contributed by atoms with Crippen LogP contribution < -0.4 is 15.8 Å². The number of ether oxygens (including phenoxy) is 1. The van der Waals surface area contributed by atoms with Crippen LogP contribution in [0.3, 0.4) is 0 Å². The molecule has 37 heavy (non-hydrogen) atoms. The molecule has 0 radical (unpaired) electrons. The fourth-order valence-corrected chi connectivity index (χ4v) is 3.98. The van der Waals surface area contributed by atoms with E-state index in [2.05, 4.69) is 34.4 Å². The van der Waals surface area contributed by atoms with Crippen LogP contribution in [0.25, 0.3) is 11.4 Å². The molecular formula is C29H28N6O2. The summed E-state index contributed by atoms with van der Waals surface area (Å²) in [5.74, 6) is 0.820. The van der Waals surface area contributed by atoms with Gasteiger partial charge in [0.1, 0.15) is 11.5 Å². The van der Waals surface area contributed by atoms with Crippen molar-refractivity contribution in [1.29, 1.82) is 5.26 Å². The number of aliphatic imine (C=N–C) groups is 1. The Bertz CT molecular complexity index is 1420. The van der Waals surface area contributed by atoms with Gasteiger partial charge >= 0.3 is 0 Å². The van der Waals surface area contributed by atoms with Crippen molar-refractivity contribution < 1.29 is 9.53 Å². The molecule has 1 amide bonds. The van der Waals surface area contributed by atoms with Gasteiger partial charge in [-0.3, -0.25) is 19.8 Å². The second-order valence-electron chi connectivity index (χ2n) is 8.80. The maximum absolute atomic E-state index is 11.1. The Morgan fingerprint density at radius 3 is 2.84 bits per heavy atom. The SMILES string of the molecule is Cc1cc(Oc2cc(C#N)ccc2C2=N/C=C(CNCC(N)=O)\C=C\CC2C)cc(-c2ccccn2)n1. The predicted molar refractivity (Wildman–Crippen MR) is 143 cm³/mol. The third kappa shape index (κ3) is 6.75. The second-order valence-corrected chi connectivity index (χ2v) is 8.80. The second kappa shape index (κ2) is 11.9. The third-order valence-electron chi connectivity index (χ3n) is 5.75. The van der Waals surface area contributed by atoms with E-state index < -0.39 is 5.91 Å². The van der Waals surface area contributed by atoms with Crippen molar-refractivity contribution in [3.63, 3.8) is 0 Å². The van der Waals surface area contributed by atoms with Gasteiger partial charge in [0.25, 0.3) is 0 Å². The Morgan fingerprint density at radius 1 is 1.22 bits per heavy atom. The van der Waals surface area contributed by atoms with Crippen LogP contribution in [0.5, 0.6) is 11.5 Å². The van der Waals surface area contributed by atoms with Crippen LogP contribution in [0.1, 0.15) is 30.2 Å². The van der Waals surface area contributed by atoms with Crippen LogP contribution in [-0.2, 0) is 4.79 Å². The number of nitriles is 1. The Balaban J connectivity index is 1.71. The third-order valence-corrected chi connectivity index (χ3v) is 5.75. The number of primary amides is 1. The molecular weight excluding hydrogens is 464 g/mol. The first-order chi connectivity index (χ1) is 17.9. The van der Waals surface area contributed by atoms with Gasteiger partial charge in [0.05, 0.1) is 35.3 Å². The summed E-state index contributed by atoms with van der Waals surface area (Å²) >= 11 is 0. The van der Waals surface area contributed by atoms with E-state index in [1.54, 1.807) is 24.5 Å². The Morgan fingerprint density at radius 2 is 2.08 bits per heavy atom. The highest BCUT2D eigenvalue weighted by Crippen LogP contribution is 2.32. The van der Waals surface area contributed by atoms with Gasteiger partial charge in [-0.05, 0) is 49.2 Å². The van der Waals surface area contributed by atoms with Gasteiger partial charge in [0, 0.05) is 48.2 Å². The van der Waals surface area contributed by atoms with Crippen molar-refractivity contribution in [2.24, 2.45) is 16.6 Å². The summed E-state index contributed by atoms with van der Waals surface area (Å²) in [5.41, 5.74) is 10.5. The standard InChI is InChI=1S/C29H28N6O2/c1-19-6-5-7-22(16-32-18-28(31)36)17-34-29(19)24-10-9-21(15-30)13-27(24)37-23-12-20(2)35-26(14-23)25-8-3-4-11-33-25/h3-5,7-14,17,19,32H,6,16,18H2,1-2H3,(H2,31,36)/b7-5+,22-17+,34-29?. The number of aryl methyl sites for hydroxylation is 1. The maximum atomic E-state index is 11.1. The molecule has 186 valence electrons. The van der Waals surface area contributed by atoms with E-state index >= 15 is 0 Å². The van der Waals surface area contributed by atoms with Crippen LogP contribution in [0.15, 0.2) is 83.6 Å². The lowest BCUT2D eigenvalue weighted by molar-refractivity contribution is -0.117. The molecule has 3 aromatic rings. The first kappa shape index (κ1) is 25.5. The average molecular weight is 493 g/mol. The number of pyridine rings is 2. The quantitative estimate of drug-likeness (QED) is 0.478. The van der Waals surface area contributed by atoms with E-state index in [-0.39, 0.29) is 12.5 Å². The largest absolute Gasteiger partial charge is 0.456 e. The van der Waals surface area contributed by atoms with Gasteiger partial charge in [-0.1, -0.05) is 25.1 Å². The number of benzene rings is 1. The van der Waals surface area contributed by atoms with Gasteiger partial charge in [-0.15, -0.1) is 0 Å². The molecule has 1 aromatic carbocycles. The fourth-order valence-electron chi connectivity index (χ4n) is 3.98. The van der Waals surface area contributed by atoms with E-state index in [1.807, 2.05) is 49.4 Å². The fraction of sp³-hybridized carbons (Fsp3) is 0.207. The maximum Gasteiger partial charge on any atom is 0.231 e. The molecule has 0 fully saturated rings. The minimum Gasteiger partial charge on any atom is -0.456 e. The van der Waals surface area contributed by atoms with E-state index in [0.717, 1.165) is 34.7 Å². The molecule has 1 aliphatic heterocycles. The van der Waals surface area contributed by atoms with E-state index in [1.165, 1.54) is 0 Å². The number of nitrogens with zero attached hydrogens (tertiary/aromatic N) is 4. The van der Waals surface area contributed by atoms with Crippen LogP contribution in [0.4, 0.5) is 0 Å². The number of carbonyl (C=O) groups is 1. The zero-order valence-electron chi connectivity index (χ0n) is 20.8. The summed E-state index contributed by atoms with van der Waals surface area (Å²) in [5, 5.41) is 12.6. The lowest BCUT2D eigenvalue weighted by atomic mass is 9.93. The number of amides is 1. The van der Waals surface area contributed by atoms with Crippen molar-refractivity contribution >= 4 is 11.6 Å².